The summed E-state index contributed by atoms with van der Waals surface area (Å²) in [4.78, 5) is 2.53. The van der Waals surface area contributed by atoms with Crippen LogP contribution >= 0.6 is 0 Å². The fourth-order valence-corrected chi connectivity index (χ4v) is 2.86. The van der Waals surface area contributed by atoms with Gasteiger partial charge in [0.1, 0.15) is 0 Å². The smallest absolute Gasteiger partial charge is 0.0366 e. The molecule has 0 N–H and O–H groups in total. The molecule has 0 amide bonds. The minimum Gasteiger partial charge on any atom is -0.372 e. The van der Waals surface area contributed by atoms with Gasteiger partial charge in [0, 0.05) is 18.8 Å². The third-order valence-electron chi connectivity index (χ3n) is 4.11. The first-order chi connectivity index (χ1) is 10.8. The number of benzene rings is 2. The molecule has 0 fully saturated rings. The van der Waals surface area contributed by atoms with Gasteiger partial charge in [0.05, 0.1) is 0 Å². The van der Waals surface area contributed by atoms with Crippen molar-refractivity contribution in [3.8, 4) is 11.1 Å². The molecule has 1 nitrogen and oxygen atoms in total. The summed E-state index contributed by atoms with van der Waals surface area (Å²) in [5.41, 5.74) is 3.95. The normalized spacial score (nSPS) is 10.6. The van der Waals surface area contributed by atoms with Crippen molar-refractivity contribution in [2.75, 3.05) is 18.0 Å². The summed E-state index contributed by atoms with van der Waals surface area (Å²) in [6.45, 7) is 6.86. The number of rotatable bonds is 9. The van der Waals surface area contributed by atoms with Gasteiger partial charge >= 0.3 is 0 Å². The largest absolute Gasteiger partial charge is 0.372 e. The lowest BCUT2D eigenvalue weighted by atomic mass is 10.1. The van der Waals surface area contributed by atoms with Crippen molar-refractivity contribution in [2.45, 2.75) is 46.0 Å². The lowest BCUT2D eigenvalue weighted by Crippen LogP contribution is -2.25. The van der Waals surface area contributed by atoms with Crippen molar-refractivity contribution in [3.63, 3.8) is 0 Å². The Bertz CT molecular complexity index is 515. The summed E-state index contributed by atoms with van der Waals surface area (Å²) in [6, 6.07) is 19.7. The van der Waals surface area contributed by atoms with Crippen molar-refractivity contribution in [1.29, 1.82) is 0 Å². The van der Waals surface area contributed by atoms with Crippen LogP contribution in [0.2, 0.25) is 0 Å². The molecule has 22 heavy (non-hydrogen) atoms. The molecule has 0 aliphatic rings. The molecular formula is C21H29N. The number of anilines is 1. The Kier molecular flexibility index (Phi) is 7.02. The van der Waals surface area contributed by atoms with Crippen molar-refractivity contribution < 1.29 is 0 Å². The fourth-order valence-electron chi connectivity index (χ4n) is 2.86. The van der Waals surface area contributed by atoms with Gasteiger partial charge in [-0.15, -0.1) is 0 Å². The van der Waals surface area contributed by atoms with Gasteiger partial charge < -0.3 is 4.90 Å². The molecule has 0 spiro atoms. The van der Waals surface area contributed by atoms with Crippen molar-refractivity contribution in [2.24, 2.45) is 0 Å². The van der Waals surface area contributed by atoms with E-state index in [2.05, 4.69) is 73.3 Å². The maximum atomic E-state index is 2.53. The van der Waals surface area contributed by atoms with Gasteiger partial charge in [-0.05, 0) is 36.1 Å². The van der Waals surface area contributed by atoms with Crippen LogP contribution in [-0.2, 0) is 0 Å². The SMILES string of the molecule is CCCCCCN(CCC)c1ccc(-c2ccccc2)cc1. The van der Waals surface area contributed by atoms with Gasteiger partial charge in [0.15, 0.2) is 0 Å². The summed E-state index contributed by atoms with van der Waals surface area (Å²) in [5, 5.41) is 0. The van der Waals surface area contributed by atoms with E-state index in [9.17, 15) is 0 Å². The lowest BCUT2D eigenvalue weighted by Gasteiger charge is -2.24. The molecule has 0 atom stereocenters. The number of hydrogen-bond acceptors (Lipinski definition) is 1. The summed E-state index contributed by atoms with van der Waals surface area (Å²) >= 11 is 0. The third kappa shape index (κ3) is 4.91. The Morgan fingerprint density at radius 1 is 0.636 bits per heavy atom. The first-order valence-electron chi connectivity index (χ1n) is 8.75. The Labute approximate surface area is 136 Å². The molecule has 2 rings (SSSR count). The lowest BCUT2D eigenvalue weighted by molar-refractivity contribution is 0.639. The topological polar surface area (TPSA) is 3.24 Å². The number of unbranched alkanes of at least 4 members (excludes halogenated alkanes) is 3. The quantitative estimate of drug-likeness (QED) is 0.501. The highest BCUT2D eigenvalue weighted by Crippen LogP contribution is 2.23. The monoisotopic (exact) mass is 295 g/mol. The highest BCUT2D eigenvalue weighted by Gasteiger charge is 2.05. The van der Waals surface area contributed by atoms with Crippen LogP contribution in [0.15, 0.2) is 54.6 Å². The van der Waals surface area contributed by atoms with Crippen LogP contribution in [0.1, 0.15) is 46.0 Å². The molecule has 1 heteroatoms. The van der Waals surface area contributed by atoms with Crippen molar-refractivity contribution >= 4 is 5.69 Å². The highest BCUT2D eigenvalue weighted by atomic mass is 15.1. The standard InChI is InChI=1S/C21H29N/c1-3-5-6-10-18-22(17-4-2)21-15-13-20(14-16-21)19-11-8-7-9-12-19/h7-9,11-16H,3-6,10,17-18H2,1-2H3. The Hall–Kier alpha value is -1.76. The highest BCUT2D eigenvalue weighted by molar-refractivity contribution is 5.66. The Morgan fingerprint density at radius 3 is 1.95 bits per heavy atom. The predicted molar refractivity (Wildman–Crippen MR) is 98.5 cm³/mol. The van der Waals surface area contributed by atoms with Crippen LogP contribution in [0.4, 0.5) is 5.69 Å². The zero-order valence-corrected chi connectivity index (χ0v) is 14.1. The molecule has 2 aromatic rings. The van der Waals surface area contributed by atoms with Crippen LogP contribution in [-0.4, -0.2) is 13.1 Å². The first-order valence-corrected chi connectivity index (χ1v) is 8.75. The van der Waals surface area contributed by atoms with Gasteiger partial charge in [0.25, 0.3) is 0 Å². The van der Waals surface area contributed by atoms with Crippen LogP contribution in [0.25, 0.3) is 11.1 Å². The van der Waals surface area contributed by atoms with Gasteiger partial charge in [0.2, 0.25) is 0 Å². The second-order valence-corrected chi connectivity index (χ2v) is 5.96. The van der Waals surface area contributed by atoms with Crippen molar-refractivity contribution in [3.05, 3.63) is 54.6 Å². The molecule has 0 saturated heterocycles. The van der Waals surface area contributed by atoms with Crippen molar-refractivity contribution in [1.82, 2.24) is 0 Å². The number of hydrogen-bond donors (Lipinski definition) is 0. The molecule has 118 valence electrons. The van der Waals surface area contributed by atoms with Gasteiger partial charge in [-0.3, -0.25) is 0 Å². The van der Waals surface area contributed by atoms with E-state index < -0.39 is 0 Å². The molecular weight excluding hydrogens is 266 g/mol. The molecule has 0 unspecified atom stereocenters. The van der Waals surface area contributed by atoms with E-state index in [0.29, 0.717) is 0 Å². The van der Waals surface area contributed by atoms with E-state index in [0.717, 1.165) is 6.54 Å². The van der Waals surface area contributed by atoms with E-state index in [1.807, 2.05) is 0 Å². The van der Waals surface area contributed by atoms with E-state index in [1.54, 1.807) is 0 Å². The fraction of sp³-hybridized carbons (Fsp3) is 0.429. The Balaban J connectivity index is 2.02. The van der Waals surface area contributed by atoms with Crippen LogP contribution in [0.5, 0.6) is 0 Å². The minimum atomic E-state index is 1.15. The predicted octanol–water partition coefficient (Wildman–Crippen LogP) is 6.15. The molecule has 0 heterocycles. The van der Waals surface area contributed by atoms with E-state index in [-0.39, 0.29) is 0 Å². The zero-order chi connectivity index (χ0) is 15.6. The first kappa shape index (κ1) is 16.6. The molecule has 0 saturated carbocycles. The van der Waals surface area contributed by atoms with Crippen LogP contribution < -0.4 is 4.90 Å². The summed E-state index contributed by atoms with van der Waals surface area (Å²) in [6.07, 6.45) is 6.51. The summed E-state index contributed by atoms with van der Waals surface area (Å²) in [5.74, 6) is 0. The molecule has 2 aromatic carbocycles. The summed E-state index contributed by atoms with van der Waals surface area (Å²) in [7, 11) is 0. The molecule has 0 aromatic heterocycles. The van der Waals surface area contributed by atoms with E-state index >= 15 is 0 Å². The zero-order valence-electron chi connectivity index (χ0n) is 14.1. The Morgan fingerprint density at radius 2 is 1.32 bits per heavy atom. The maximum absolute atomic E-state index is 2.53. The van der Waals surface area contributed by atoms with E-state index in [4.69, 9.17) is 0 Å². The van der Waals surface area contributed by atoms with Crippen LogP contribution in [0.3, 0.4) is 0 Å². The van der Waals surface area contributed by atoms with E-state index in [1.165, 1.54) is 55.5 Å². The second kappa shape index (κ2) is 9.30. The van der Waals surface area contributed by atoms with Gasteiger partial charge in [-0.1, -0.05) is 75.6 Å². The maximum Gasteiger partial charge on any atom is 0.0366 e. The summed E-state index contributed by atoms with van der Waals surface area (Å²) < 4.78 is 0. The van der Waals surface area contributed by atoms with Gasteiger partial charge in [-0.25, -0.2) is 0 Å². The average Bonchev–Trinajstić information content (AvgIpc) is 2.59. The molecule has 0 radical (unpaired) electrons. The molecule has 0 bridgehead atoms. The average molecular weight is 295 g/mol. The van der Waals surface area contributed by atoms with Crippen LogP contribution in [0, 0.1) is 0 Å². The van der Waals surface area contributed by atoms with Gasteiger partial charge in [-0.2, -0.15) is 0 Å². The molecule has 0 aliphatic carbocycles. The molecule has 0 aliphatic heterocycles. The number of nitrogens with zero attached hydrogens (tertiary/aromatic N) is 1. The third-order valence-corrected chi connectivity index (χ3v) is 4.11. The minimum absolute atomic E-state index is 1.15. The second-order valence-electron chi connectivity index (χ2n) is 5.96.